The minimum atomic E-state index is -0.453. The van der Waals surface area contributed by atoms with Gasteiger partial charge < -0.3 is 9.64 Å². The molecule has 2 unspecified atom stereocenters. The lowest BCUT2D eigenvalue weighted by Gasteiger charge is -2.42. The van der Waals surface area contributed by atoms with Gasteiger partial charge in [0.05, 0.1) is 12.6 Å². The highest BCUT2D eigenvalue weighted by molar-refractivity contribution is 5.35. The van der Waals surface area contributed by atoms with E-state index in [9.17, 15) is 0 Å². The zero-order valence-electron chi connectivity index (χ0n) is 13.1. The summed E-state index contributed by atoms with van der Waals surface area (Å²) in [6.07, 6.45) is 4.29. The molecule has 0 radical (unpaired) electrons. The smallest absolute Gasteiger partial charge is 0.119 e. The molecule has 0 aliphatic heterocycles. The Morgan fingerprint density at radius 2 is 2.24 bits per heavy atom. The van der Waals surface area contributed by atoms with Gasteiger partial charge in [0.15, 0.2) is 0 Å². The third-order valence-corrected chi connectivity index (χ3v) is 4.41. The van der Waals surface area contributed by atoms with E-state index in [2.05, 4.69) is 35.1 Å². The number of methoxy groups -OCH3 is 1. The number of nitrogens with zero attached hydrogens (tertiary/aromatic N) is 4. The van der Waals surface area contributed by atoms with E-state index in [1.807, 2.05) is 18.2 Å². The Morgan fingerprint density at radius 1 is 1.43 bits per heavy atom. The van der Waals surface area contributed by atoms with Gasteiger partial charge in [-0.2, -0.15) is 0 Å². The fourth-order valence-electron chi connectivity index (χ4n) is 3.45. The molecule has 1 aliphatic rings. The Labute approximate surface area is 126 Å². The Balaban J connectivity index is 2.47. The van der Waals surface area contributed by atoms with E-state index in [1.54, 1.807) is 7.11 Å². The van der Waals surface area contributed by atoms with Gasteiger partial charge in [-0.15, -0.1) is 0 Å². The van der Waals surface area contributed by atoms with Crippen molar-refractivity contribution in [1.82, 2.24) is 4.90 Å². The van der Waals surface area contributed by atoms with E-state index >= 15 is 0 Å². The van der Waals surface area contributed by atoms with Crippen LogP contribution in [0.5, 0.6) is 5.75 Å². The highest BCUT2D eigenvalue weighted by Gasteiger charge is 2.41. The zero-order valence-corrected chi connectivity index (χ0v) is 13.1. The minimum Gasteiger partial charge on any atom is -0.497 e. The molecule has 0 saturated heterocycles. The van der Waals surface area contributed by atoms with Gasteiger partial charge in [-0.25, -0.2) is 0 Å². The van der Waals surface area contributed by atoms with Gasteiger partial charge in [0, 0.05) is 11.5 Å². The molecule has 1 aromatic carbocycles. The standard InChI is InChI=1S/C16H24N4O/c1-20(2)12-14-7-4-5-10-16(14,18-19-17)13-8-6-9-15(11-13)21-3/h6,8-9,11,14H,4-5,7,10,12H2,1-3H3. The lowest BCUT2D eigenvalue weighted by Crippen LogP contribution is -2.41. The fourth-order valence-corrected chi connectivity index (χ4v) is 3.45. The molecule has 0 amide bonds. The number of ether oxygens (including phenoxy) is 1. The molecule has 1 aromatic rings. The van der Waals surface area contributed by atoms with Crippen LogP contribution in [0.25, 0.3) is 10.4 Å². The molecular weight excluding hydrogens is 264 g/mol. The van der Waals surface area contributed by atoms with Crippen molar-refractivity contribution in [3.63, 3.8) is 0 Å². The predicted molar refractivity (Wildman–Crippen MR) is 84.3 cm³/mol. The summed E-state index contributed by atoms with van der Waals surface area (Å²) in [4.78, 5) is 5.36. The third-order valence-electron chi connectivity index (χ3n) is 4.41. The van der Waals surface area contributed by atoms with Gasteiger partial charge in [0.1, 0.15) is 5.75 Å². The van der Waals surface area contributed by atoms with Gasteiger partial charge in [-0.1, -0.05) is 30.1 Å². The van der Waals surface area contributed by atoms with Gasteiger partial charge in [0.25, 0.3) is 0 Å². The van der Waals surface area contributed by atoms with Gasteiger partial charge in [-0.05, 0) is 56.1 Å². The molecule has 0 aromatic heterocycles. The number of benzene rings is 1. The van der Waals surface area contributed by atoms with Crippen LogP contribution in [0.3, 0.4) is 0 Å². The molecule has 0 bridgehead atoms. The zero-order chi connectivity index (χ0) is 15.3. The van der Waals surface area contributed by atoms with E-state index < -0.39 is 5.54 Å². The lowest BCUT2D eigenvalue weighted by molar-refractivity contribution is 0.150. The summed E-state index contributed by atoms with van der Waals surface area (Å²) in [6.45, 7) is 0.927. The molecule has 1 saturated carbocycles. The van der Waals surface area contributed by atoms with Crippen molar-refractivity contribution in [2.24, 2.45) is 11.0 Å². The summed E-state index contributed by atoms with van der Waals surface area (Å²) in [7, 11) is 5.81. The first-order chi connectivity index (χ1) is 10.1. The van der Waals surface area contributed by atoms with E-state index in [4.69, 9.17) is 10.3 Å². The molecule has 5 nitrogen and oxygen atoms in total. The van der Waals surface area contributed by atoms with Crippen molar-refractivity contribution in [3.8, 4) is 5.75 Å². The minimum absolute atomic E-state index is 0.337. The van der Waals surface area contributed by atoms with Crippen molar-refractivity contribution in [2.45, 2.75) is 31.2 Å². The third kappa shape index (κ3) is 3.31. The van der Waals surface area contributed by atoms with Crippen LogP contribution in [-0.4, -0.2) is 32.6 Å². The molecule has 2 atom stereocenters. The highest BCUT2D eigenvalue weighted by atomic mass is 16.5. The first kappa shape index (κ1) is 15.7. The molecular formula is C16H24N4O. The second-order valence-corrected chi connectivity index (χ2v) is 6.05. The van der Waals surface area contributed by atoms with Crippen LogP contribution in [0, 0.1) is 5.92 Å². The van der Waals surface area contributed by atoms with Crippen LogP contribution >= 0.6 is 0 Å². The summed E-state index contributed by atoms with van der Waals surface area (Å²) < 4.78 is 5.34. The number of hydrogen-bond acceptors (Lipinski definition) is 3. The first-order valence-electron chi connectivity index (χ1n) is 7.48. The maximum Gasteiger partial charge on any atom is 0.119 e. The van der Waals surface area contributed by atoms with Crippen LogP contribution in [0.15, 0.2) is 29.4 Å². The van der Waals surface area contributed by atoms with Crippen LogP contribution in [0.4, 0.5) is 0 Å². The van der Waals surface area contributed by atoms with Crippen molar-refractivity contribution < 1.29 is 4.74 Å². The summed E-state index contributed by atoms with van der Waals surface area (Å²) in [5.74, 6) is 1.15. The number of rotatable bonds is 5. The van der Waals surface area contributed by atoms with Crippen LogP contribution in [0.2, 0.25) is 0 Å². The van der Waals surface area contributed by atoms with Gasteiger partial charge in [-0.3, -0.25) is 0 Å². The average Bonchev–Trinajstić information content (AvgIpc) is 2.49. The Morgan fingerprint density at radius 3 is 2.90 bits per heavy atom. The average molecular weight is 288 g/mol. The summed E-state index contributed by atoms with van der Waals surface area (Å²) in [5, 5.41) is 4.29. The normalized spacial score (nSPS) is 25.4. The van der Waals surface area contributed by atoms with Crippen molar-refractivity contribution in [3.05, 3.63) is 40.3 Å². The van der Waals surface area contributed by atoms with E-state index in [0.29, 0.717) is 5.92 Å². The van der Waals surface area contributed by atoms with Crippen LogP contribution < -0.4 is 4.74 Å². The molecule has 1 fully saturated rings. The van der Waals surface area contributed by atoms with Crippen molar-refractivity contribution in [2.75, 3.05) is 27.7 Å². The van der Waals surface area contributed by atoms with E-state index in [0.717, 1.165) is 37.1 Å². The number of hydrogen-bond donors (Lipinski definition) is 0. The second-order valence-electron chi connectivity index (χ2n) is 6.05. The Hall–Kier alpha value is -1.71. The Kier molecular flexibility index (Phi) is 5.10. The van der Waals surface area contributed by atoms with Crippen LogP contribution in [0.1, 0.15) is 31.2 Å². The molecule has 21 heavy (non-hydrogen) atoms. The largest absolute Gasteiger partial charge is 0.497 e. The predicted octanol–water partition coefficient (Wildman–Crippen LogP) is 3.95. The molecule has 5 heteroatoms. The van der Waals surface area contributed by atoms with Crippen molar-refractivity contribution >= 4 is 0 Å². The topological polar surface area (TPSA) is 61.2 Å². The molecule has 0 heterocycles. The molecule has 114 valence electrons. The molecule has 0 spiro atoms. The van der Waals surface area contributed by atoms with Crippen molar-refractivity contribution in [1.29, 1.82) is 0 Å². The SMILES string of the molecule is COc1cccc(C2(N=[N+]=[N-])CCCCC2CN(C)C)c1. The monoisotopic (exact) mass is 288 g/mol. The maximum absolute atomic E-state index is 9.14. The molecule has 2 rings (SSSR count). The maximum atomic E-state index is 9.14. The first-order valence-corrected chi connectivity index (χ1v) is 7.48. The van der Waals surface area contributed by atoms with Gasteiger partial charge in [0.2, 0.25) is 0 Å². The summed E-state index contributed by atoms with van der Waals surface area (Å²) >= 11 is 0. The van der Waals surface area contributed by atoms with Gasteiger partial charge >= 0.3 is 0 Å². The fraction of sp³-hybridized carbons (Fsp3) is 0.625. The Bertz CT molecular complexity index is 525. The van der Waals surface area contributed by atoms with Crippen LogP contribution in [-0.2, 0) is 5.54 Å². The van der Waals surface area contributed by atoms with E-state index in [-0.39, 0.29) is 0 Å². The lowest BCUT2D eigenvalue weighted by atomic mass is 9.69. The highest BCUT2D eigenvalue weighted by Crippen LogP contribution is 2.46. The summed E-state index contributed by atoms with van der Waals surface area (Å²) in [5.41, 5.74) is 9.76. The number of azide groups is 1. The quantitative estimate of drug-likeness (QED) is 0.468. The second kappa shape index (κ2) is 6.83. The molecule has 0 N–H and O–H groups in total. The molecule has 1 aliphatic carbocycles. The summed E-state index contributed by atoms with van der Waals surface area (Å²) in [6, 6.07) is 7.98. The van der Waals surface area contributed by atoms with E-state index in [1.165, 1.54) is 6.42 Å².